The summed E-state index contributed by atoms with van der Waals surface area (Å²) in [5, 5.41) is 3.01. The number of benzene rings is 3. The largest absolute Gasteiger partial charge is 0.492 e. The van der Waals surface area contributed by atoms with Crippen LogP contribution in [0.15, 0.2) is 63.6 Å². The zero-order chi connectivity index (χ0) is 43.3. The summed E-state index contributed by atoms with van der Waals surface area (Å²) in [6.07, 6.45) is 11.8. The van der Waals surface area contributed by atoms with Gasteiger partial charge in [0, 0.05) is 48.4 Å². The number of nitrogens with one attached hydrogen (secondary N) is 1. The molecular weight excluding hydrogens is 779 g/mol. The molecule has 7 atom stereocenters. The molecule has 1 fully saturated rings. The molecule has 2 aromatic carbocycles. The summed E-state index contributed by atoms with van der Waals surface area (Å²) in [5.74, 6) is -2.58. The molecule has 0 aromatic heterocycles. The molecular formula is C48H55N3O10. The van der Waals surface area contributed by atoms with E-state index in [2.05, 4.69) is 31.1 Å². The number of Topliss-reactive ketones (excluding diaryl/α,β-unsaturated/α-hetero) is 1. The molecule has 13 heteroatoms. The summed E-state index contributed by atoms with van der Waals surface area (Å²) >= 11 is 0. The van der Waals surface area contributed by atoms with Crippen molar-refractivity contribution in [3.8, 4) is 28.7 Å². The van der Waals surface area contributed by atoms with Crippen molar-refractivity contribution in [2.45, 2.75) is 111 Å². The van der Waals surface area contributed by atoms with Gasteiger partial charge in [-0.3, -0.25) is 19.2 Å². The summed E-state index contributed by atoms with van der Waals surface area (Å²) in [7, 11) is 2.09. The Morgan fingerprint density at radius 3 is 2.64 bits per heavy atom. The smallest absolute Gasteiger partial charge is 0.312 e. The molecule has 322 valence electrons. The van der Waals surface area contributed by atoms with Gasteiger partial charge in [-0.1, -0.05) is 39.0 Å². The summed E-state index contributed by atoms with van der Waals surface area (Å²) in [6, 6.07) is 5.57. The van der Waals surface area contributed by atoms with Crippen LogP contribution in [0.4, 0.5) is 5.69 Å². The van der Waals surface area contributed by atoms with Gasteiger partial charge in [-0.15, -0.1) is 0 Å². The Morgan fingerprint density at radius 2 is 1.90 bits per heavy atom. The summed E-state index contributed by atoms with van der Waals surface area (Å²) < 4.78 is 38.8. The van der Waals surface area contributed by atoms with Crippen molar-refractivity contribution < 1.29 is 42.5 Å². The highest BCUT2D eigenvalue weighted by molar-refractivity contribution is 6.22. The Bertz CT molecular complexity index is 2540. The highest BCUT2D eigenvalue weighted by Gasteiger charge is 2.50. The Morgan fingerprint density at radius 1 is 1.10 bits per heavy atom. The third kappa shape index (κ3) is 7.88. The van der Waals surface area contributed by atoms with E-state index in [4.69, 9.17) is 33.1 Å². The van der Waals surface area contributed by atoms with E-state index < -0.39 is 41.1 Å². The maximum atomic E-state index is 15.4. The van der Waals surface area contributed by atoms with Crippen LogP contribution in [0.1, 0.15) is 96.0 Å². The molecule has 2 aromatic rings. The molecule has 1 N–H and O–H groups in total. The number of ketones is 1. The Balaban J connectivity index is 1.44. The Labute approximate surface area is 355 Å². The van der Waals surface area contributed by atoms with Gasteiger partial charge >= 0.3 is 11.8 Å². The molecule has 5 aliphatic heterocycles. The maximum absolute atomic E-state index is 15.4. The molecule has 6 bridgehead atoms. The minimum Gasteiger partial charge on any atom is -0.492 e. The first kappa shape index (κ1) is 42.0. The number of fused-ring (bicyclic) bond motifs is 8. The van der Waals surface area contributed by atoms with Crippen molar-refractivity contribution in [1.82, 2.24) is 9.88 Å². The van der Waals surface area contributed by atoms with Crippen molar-refractivity contribution in [2.24, 2.45) is 17.8 Å². The van der Waals surface area contributed by atoms with Crippen LogP contribution in [0.2, 0.25) is 0 Å². The number of hydrogen-bond donors (Lipinski definition) is 1. The highest BCUT2D eigenvalue weighted by Crippen LogP contribution is 2.51. The average molecular weight is 834 g/mol. The minimum atomic E-state index is -1.82. The van der Waals surface area contributed by atoms with E-state index in [-0.39, 0.29) is 68.8 Å². The fourth-order valence-corrected chi connectivity index (χ4v) is 9.36. The predicted molar refractivity (Wildman–Crippen MR) is 231 cm³/mol. The van der Waals surface area contributed by atoms with Crippen molar-refractivity contribution in [2.75, 3.05) is 25.5 Å². The zero-order valence-electron chi connectivity index (χ0n) is 36.2. The molecule has 6 aliphatic rings. The van der Waals surface area contributed by atoms with Crippen LogP contribution in [0, 0.1) is 24.7 Å². The number of rotatable bonds is 5. The van der Waals surface area contributed by atoms with Crippen LogP contribution in [0.25, 0.3) is 33.3 Å². The quantitative estimate of drug-likeness (QED) is 0.116. The second-order valence-electron chi connectivity index (χ2n) is 17.5. The Kier molecular flexibility index (Phi) is 11.5. The van der Waals surface area contributed by atoms with E-state index in [9.17, 15) is 14.4 Å². The van der Waals surface area contributed by atoms with Gasteiger partial charge in [0.25, 0.3) is 11.7 Å². The second kappa shape index (κ2) is 16.6. The van der Waals surface area contributed by atoms with Crippen LogP contribution in [0.3, 0.4) is 0 Å². The number of ether oxygens (including phenoxy) is 5. The van der Waals surface area contributed by atoms with Crippen LogP contribution in [-0.2, 0) is 19.1 Å². The lowest BCUT2D eigenvalue weighted by Gasteiger charge is -2.35. The van der Waals surface area contributed by atoms with Gasteiger partial charge in [0.15, 0.2) is 11.3 Å². The van der Waals surface area contributed by atoms with E-state index in [1.807, 2.05) is 25.1 Å². The van der Waals surface area contributed by atoms with Crippen LogP contribution in [-0.4, -0.2) is 71.8 Å². The second-order valence-corrected chi connectivity index (χ2v) is 17.5. The Hall–Kier alpha value is -5.69. The first-order valence-electron chi connectivity index (χ1n) is 21.5. The van der Waals surface area contributed by atoms with E-state index in [1.165, 1.54) is 20.1 Å². The van der Waals surface area contributed by atoms with Gasteiger partial charge < -0.3 is 38.3 Å². The number of nitrogens with zero attached hydrogens (tertiary/aromatic N) is 2. The first-order valence-corrected chi connectivity index (χ1v) is 21.5. The number of aromatic nitrogens is 1. The molecule has 1 aliphatic carbocycles. The lowest BCUT2D eigenvalue weighted by atomic mass is 9.85. The molecule has 0 saturated carbocycles. The number of likely N-dealkylation sites (N-methyl/N-ethyl adjacent to an activating group) is 1. The molecule has 13 nitrogen and oxygen atoms in total. The van der Waals surface area contributed by atoms with E-state index in [1.54, 1.807) is 38.1 Å². The van der Waals surface area contributed by atoms with Gasteiger partial charge in [0.1, 0.15) is 53.0 Å². The van der Waals surface area contributed by atoms with E-state index in [0.29, 0.717) is 53.9 Å². The van der Waals surface area contributed by atoms with Gasteiger partial charge in [0.05, 0.1) is 17.2 Å². The minimum absolute atomic E-state index is 0.00445. The number of amides is 1. The van der Waals surface area contributed by atoms with E-state index >= 15 is 4.79 Å². The number of esters is 1. The normalized spacial score (nSPS) is 29.0. The molecule has 1 saturated heterocycles. The van der Waals surface area contributed by atoms with Crippen molar-refractivity contribution in [1.29, 1.82) is 0 Å². The van der Waals surface area contributed by atoms with Crippen LogP contribution >= 0.6 is 0 Å². The standard InChI is InChI=1S/C48H55N3O10/c1-9-30-15-12-20-57-48(7)46(54)38-36-37-41(53)40(45-39(36)49-33-18-17-32(23-34(33)59-45)56-24-31-16-11-19-51(31)8)50-47(55)27(4)14-10-13-25(2)21-26(3)22-35(44(30)58-29(6)52)60-42(37)28(5)43(38)61-48/h10,12-14,17-18,20,23,25-26,30-31,35,44H,9,11,15-16,19,21-22,24H2,1-8H3,(H,50,55)/b13-10+,20-12+,27-14-/t25?,26-,30-,31?,35?,44?,48+/m1/s1. The monoisotopic (exact) mass is 833 g/mol. The van der Waals surface area contributed by atoms with Gasteiger partial charge in [-0.05, 0) is 96.0 Å². The lowest BCUT2D eigenvalue weighted by molar-refractivity contribution is -0.156. The van der Waals surface area contributed by atoms with Crippen LogP contribution < -0.4 is 25.0 Å². The van der Waals surface area contributed by atoms with Crippen LogP contribution in [0.5, 0.6) is 17.2 Å². The van der Waals surface area contributed by atoms with Crippen molar-refractivity contribution in [3.63, 3.8) is 0 Å². The predicted octanol–water partition coefficient (Wildman–Crippen LogP) is 8.67. The number of hydrogen-bond acceptors (Lipinski definition) is 12. The zero-order valence-corrected chi connectivity index (χ0v) is 36.2. The van der Waals surface area contributed by atoms with Gasteiger partial charge in [-0.25, -0.2) is 4.98 Å². The van der Waals surface area contributed by atoms with E-state index in [0.717, 1.165) is 25.8 Å². The molecule has 0 spiro atoms. The fraction of sp³-hybridized carbons (Fsp3) is 0.479. The molecule has 61 heavy (non-hydrogen) atoms. The lowest BCUT2D eigenvalue weighted by Crippen LogP contribution is -2.42. The number of anilines is 1. The van der Waals surface area contributed by atoms with Gasteiger partial charge in [0.2, 0.25) is 5.43 Å². The number of carbonyl (C=O) groups excluding carboxylic acids is 3. The number of carbonyl (C=O) groups is 3. The summed E-state index contributed by atoms with van der Waals surface area (Å²) in [4.78, 5) is 64.5. The summed E-state index contributed by atoms with van der Waals surface area (Å²) in [6.45, 7) is 14.1. The number of allylic oxidation sites excluding steroid dienone is 4. The SMILES string of the molecule is CC[C@@H]1C/C=C/O[C@@]2(C)Oc3c(C)c4c5c(=O)c(c6oc7cc(OCC8CCCN8C)ccc7nc-6c5c3C2=O)NC(=O)/C(C)=C\C=C\C(C)C[C@@H](C)CC(O4)C1OC(C)=O. The molecule has 1 amide bonds. The molecule has 5 heterocycles. The topological polar surface area (TPSA) is 156 Å². The molecule has 4 unspecified atom stereocenters. The average Bonchev–Trinajstić information content (AvgIpc) is 3.75. The third-order valence-corrected chi connectivity index (χ3v) is 12.7. The van der Waals surface area contributed by atoms with Crippen molar-refractivity contribution in [3.05, 3.63) is 75.7 Å². The van der Waals surface area contributed by atoms with Crippen molar-refractivity contribution >= 4 is 45.2 Å². The first-order chi connectivity index (χ1) is 29.2. The fourth-order valence-electron chi connectivity index (χ4n) is 9.36. The highest BCUT2D eigenvalue weighted by atomic mass is 16.7. The maximum Gasteiger partial charge on any atom is 0.312 e. The molecule has 0 radical (unpaired) electrons. The number of likely N-dealkylation sites (tertiary alicyclic amines) is 1. The summed E-state index contributed by atoms with van der Waals surface area (Å²) in [5.41, 5.74) is 0.822. The van der Waals surface area contributed by atoms with Gasteiger partial charge in [-0.2, -0.15) is 0 Å². The molecule has 8 rings (SSSR count). The third-order valence-electron chi connectivity index (χ3n) is 12.7.